The maximum absolute atomic E-state index is 12.9. The third kappa shape index (κ3) is 3.90. The van der Waals surface area contributed by atoms with Crippen molar-refractivity contribution in [2.24, 2.45) is 0 Å². The van der Waals surface area contributed by atoms with Gasteiger partial charge in [0.15, 0.2) is 4.90 Å². The first-order valence-electron chi connectivity index (χ1n) is 10.3. The van der Waals surface area contributed by atoms with Crippen molar-refractivity contribution >= 4 is 27.6 Å². The van der Waals surface area contributed by atoms with E-state index in [1.807, 2.05) is 4.90 Å². The number of amides is 3. The first-order valence-corrected chi connectivity index (χ1v) is 11.8. The molecule has 12 heteroatoms. The van der Waals surface area contributed by atoms with E-state index >= 15 is 0 Å². The Kier molecular flexibility index (Phi) is 5.71. The molecule has 0 aromatic heterocycles. The van der Waals surface area contributed by atoms with Crippen LogP contribution in [0.3, 0.4) is 0 Å². The second-order valence-electron chi connectivity index (χ2n) is 8.19. The molecule has 3 aliphatic rings. The number of rotatable bonds is 5. The van der Waals surface area contributed by atoms with Crippen LogP contribution in [0.2, 0.25) is 0 Å². The van der Waals surface area contributed by atoms with Gasteiger partial charge in [0.05, 0.1) is 11.6 Å². The zero-order valence-corrected chi connectivity index (χ0v) is 17.8. The van der Waals surface area contributed by atoms with Crippen LogP contribution < -0.4 is 5.32 Å². The van der Waals surface area contributed by atoms with Gasteiger partial charge in [0.25, 0.3) is 11.6 Å². The highest BCUT2D eigenvalue weighted by Crippen LogP contribution is 2.34. The highest BCUT2D eigenvalue weighted by molar-refractivity contribution is 7.89. The van der Waals surface area contributed by atoms with E-state index in [0.717, 1.165) is 19.3 Å². The Morgan fingerprint density at radius 2 is 1.68 bits per heavy atom. The number of hydrogen-bond acceptors (Lipinski definition) is 7. The summed E-state index contributed by atoms with van der Waals surface area (Å²) in [5.41, 5.74) is -1.24. The van der Waals surface area contributed by atoms with Crippen LogP contribution in [-0.2, 0) is 14.8 Å². The molecule has 1 aliphatic carbocycles. The number of imide groups is 1. The third-order valence-corrected chi connectivity index (χ3v) is 8.25. The summed E-state index contributed by atoms with van der Waals surface area (Å²) >= 11 is 0. The first-order chi connectivity index (χ1) is 14.7. The Morgan fingerprint density at radius 1 is 1.03 bits per heavy atom. The van der Waals surface area contributed by atoms with E-state index in [-0.39, 0.29) is 30.6 Å². The lowest BCUT2D eigenvalue weighted by Crippen LogP contribution is -2.53. The summed E-state index contributed by atoms with van der Waals surface area (Å²) in [6.45, 7) is 0.950. The Balaban J connectivity index is 1.41. The molecule has 0 unspecified atom stereocenters. The Labute approximate surface area is 180 Å². The van der Waals surface area contributed by atoms with Gasteiger partial charge in [-0.25, -0.2) is 18.1 Å². The van der Waals surface area contributed by atoms with Gasteiger partial charge < -0.3 is 5.32 Å². The molecule has 0 atom stereocenters. The van der Waals surface area contributed by atoms with E-state index in [9.17, 15) is 28.1 Å². The van der Waals surface area contributed by atoms with Crippen LogP contribution in [-0.4, -0.2) is 77.8 Å². The van der Waals surface area contributed by atoms with Crippen molar-refractivity contribution in [1.82, 2.24) is 19.4 Å². The number of nitro benzene ring substituents is 1. The quantitative estimate of drug-likeness (QED) is 0.403. The van der Waals surface area contributed by atoms with Crippen molar-refractivity contribution in [3.63, 3.8) is 0 Å². The molecule has 1 N–H and O–H groups in total. The lowest BCUT2D eigenvalue weighted by atomic mass is 9.82. The molecule has 11 nitrogen and oxygen atoms in total. The predicted octanol–water partition coefficient (Wildman–Crippen LogP) is 1.11. The molecular weight excluding hydrogens is 426 g/mol. The van der Waals surface area contributed by atoms with Crippen molar-refractivity contribution in [3.05, 3.63) is 34.4 Å². The van der Waals surface area contributed by atoms with Crippen LogP contribution >= 0.6 is 0 Å². The monoisotopic (exact) mass is 451 g/mol. The fourth-order valence-electron chi connectivity index (χ4n) is 4.58. The van der Waals surface area contributed by atoms with Gasteiger partial charge in [-0.05, 0) is 18.9 Å². The van der Waals surface area contributed by atoms with Crippen molar-refractivity contribution in [3.8, 4) is 0 Å². The molecule has 31 heavy (non-hydrogen) atoms. The van der Waals surface area contributed by atoms with Crippen LogP contribution in [0.25, 0.3) is 0 Å². The molecule has 168 valence electrons. The molecule has 2 aliphatic heterocycles. The van der Waals surface area contributed by atoms with Gasteiger partial charge in [0.1, 0.15) is 5.54 Å². The highest BCUT2D eigenvalue weighted by atomic mass is 32.2. The summed E-state index contributed by atoms with van der Waals surface area (Å²) in [7, 11) is -4.03. The topological polar surface area (TPSA) is 133 Å². The number of benzene rings is 1. The second kappa shape index (κ2) is 8.17. The van der Waals surface area contributed by atoms with Gasteiger partial charge in [-0.3, -0.25) is 19.8 Å². The van der Waals surface area contributed by atoms with Crippen molar-refractivity contribution in [2.75, 3.05) is 32.8 Å². The Morgan fingerprint density at radius 3 is 2.32 bits per heavy atom. The maximum atomic E-state index is 12.9. The minimum Gasteiger partial charge on any atom is -0.323 e. The summed E-state index contributed by atoms with van der Waals surface area (Å²) in [5, 5.41) is 14.1. The van der Waals surface area contributed by atoms with Gasteiger partial charge in [-0.15, -0.1) is 0 Å². The zero-order valence-electron chi connectivity index (χ0n) is 17.0. The summed E-state index contributed by atoms with van der Waals surface area (Å²) in [6.07, 6.45) is 4.16. The number of nitro groups is 1. The molecule has 0 radical (unpaired) electrons. The van der Waals surface area contributed by atoms with E-state index in [0.29, 0.717) is 25.9 Å². The van der Waals surface area contributed by atoms with Gasteiger partial charge >= 0.3 is 6.03 Å². The predicted molar refractivity (Wildman–Crippen MR) is 109 cm³/mol. The van der Waals surface area contributed by atoms with Gasteiger partial charge in [-0.2, -0.15) is 4.31 Å². The summed E-state index contributed by atoms with van der Waals surface area (Å²) in [4.78, 5) is 38.6. The normalized spacial score (nSPS) is 22.6. The minimum atomic E-state index is -4.03. The Bertz CT molecular complexity index is 999. The third-order valence-electron chi connectivity index (χ3n) is 6.31. The number of carbonyl (C=O) groups excluding carboxylic acids is 2. The zero-order chi connectivity index (χ0) is 22.2. The number of carbonyl (C=O) groups is 2. The lowest BCUT2D eigenvalue weighted by molar-refractivity contribution is -0.387. The summed E-state index contributed by atoms with van der Waals surface area (Å²) in [6, 6.07) is 4.88. The largest absolute Gasteiger partial charge is 0.326 e. The number of hydrogen-bond donors (Lipinski definition) is 1. The van der Waals surface area contributed by atoms with Gasteiger partial charge in [-0.1, -0.05) is 31.4 Å². The SMILES string of the molecule is O=C1NC2(CCCCC2)C(=O)N1CN1CCN(S(=O)(=O)c2ccccc2[N+](=O)[O-])CC1. The summed E-state index contributed by atoms with van der Waals surface area (Å²) in [5.74, 6) is -0.202. The van der Waals surface area contributed by atoms with Crippen LogP contribution in [0.4, 0.5) is 10.5 Å². The van der Waals surface area contributed by atoms with E-state index in [2.05, 4.69) is 5.32 Å². The summed E-state index contributed by atoms with van der Waals surface area (Å²) < 4.78 is 27.1. The molecule has 1 aromatic carbocycles. The smallest absolute Gasteiger partial charge is 0.323 e. The Hall–Kier alpha value is -2.57. The minimum absolute atomic E-state index is 0.103. The molecule has 4 rings (SSSR count). The fraction of sp³-hybridized carbons (Fsp3) is 0.579. The lowest BCUT2D eigenvalue weighted by Gasteiger charge is -2.35. The van der Waals surface area contributed by atoms with E-state index in [4.69, 9.17) is 0 Å². The molecule has 1 spiro atoms. The van der Waals surface area contributed by atoms with Crippen molar-refractivity contribution < 1.29 is 22.9 Å². The van der Waals surface area contributed by atoms with E-state index in [1.165, 1.54) is 33.5 Å². The average Bonchev–Trinajstić information content (AvgIpc) is 2.98. The van der Waals surface area contributed by atoms with Crippen LogP contribution in [0.5, 0.6) is 0 Å². The van der Waals surface area contributed by atoms with Crippen molar-refractivity contribution in [2.45, 2.75) is 42.5 Å². The number of nitrogens with one attached hydrogen (secondary N) is 1. The fourth-order valence-corrected chi connectivity index (χ4v) is 6.15. The average molecular weight is 452 g/mol. The molecule has 2 saturated heterocycles. The molecule has 3 fully saturated rings. The number of piperazine rings is 1. The van der Waals surface area contributed by atoms with E-state index in [1.54, 1.807) is 0 Å². The molecule has 2 heterocycles. The second-order valence-corrected chi connectivity index (χ2v) is 10.1. The van der Waals surface area contributed by atoms with E-state index < -0.39 is 32.2 Å². The number of urea groups is 1. The number of para-hydroxylation sites is 1. The van der Waals surface area contributed by atoms with Crippen molar-refractivity contribution in [1.29, 1.82) is 0 Å². The molecular formula is C19H25N5O6S. The van der Waals surface area contributed by atoms with Crippen LogP contribution in [0, 0.1) is 10.1 Å². The molecule has 1 saturated carbocycles. The van der Waals surface area contributed by atoms with Gasteiger partial charge in [0, 0.05) is 32.2 Å². The van der Waals surface area contributed by atoms with Gasteiger partial charge in [0.2, 0.25) is 10.0 Å². The first kappa shape index (κ1) is 21.7. The molecule has 3 amide bonds. The van der Waals surface area contributed by atoms with Crippen LogP contribution in [0.1, 0.15) is 32.1 Å². The standard InChI is InChI=1S/C19H25N5O6S/c25-17-19(8-4-1-5-9-19)20-18(26)23(17)14-21-10-12-22(13-11-21)31(29,30)16-7-3-2-6-15(16)24(27)28/h2-3,6-7H,1,4-5,8-14H2,(H,20,26). The maximum Gasteiger partial charge on any atom is 0.326 e. The highest BCUT2D eigenvalue weighted by Gasteiger charge is 2.51. The number of nitrogens with zero attached hydrogens (tertiary/aromatic N) is 4. The van der Waals surface area contributed by atoms with Crippen LogP contribution in [0.15, 0.2) is 29.2 Å². The molecule has 1 aromatic rings. The molecule has 0 bridgehead atoms. The number of sulfonamides is 1.